The van der Waals surface area contributed by atoms with Crippen LogP contribution < -0.4 is 16.0 Å². The van der Waals surface area contributed by atoms with Crippen LogP contribution in [0.4, 0.5) is 30.2 Å². The minimum atomic E-state index is -4.68. The highest BCUT2D eigenvalue weighted by molar-refractivity contribution is 6.33. The Balaban J connectivity index is 2.32. The number of rotatable bonds is 5. The molecule has 4 N–H and O–H groups in total. The van der Waals surface area contributed by atoms with Crippen LogP contribution in [0.2, 0.25) is 5.02 Å². The summed E-state index contributed by atoms with van der Waals surface area (Å²) in [6.07, 6.45) is -3.97. The smallest absolute Gasteiger partial charge is 0.397 e. The van der Waals surface area contributed by atoms with Crippen LogP contribution in [0, 0.1) is 5.41 Å². The molecule has 2 rings (SSSR count). The highest BCUT2D eigenvalue weighted by Crippen LogP contribution is 2.34. The molecule has 0 aliphatic carbocycles. The Bertz CT molecular complexity index is 941. The van der Waals surface area contributed by atoms with Gasteiger partial charge in [0.1, 0.15) is 5.70 Å². The van der Waals surface area contributed by atoms with E-state index in [1.807, 2.05) is 0 Å². The second-order valence-corrected chi connectivity index (χ2v) is 6.38. The van der Waals surface area contributed by atoms with Crippen molar-refractivity contribution in [1.29, 1.82) is 5.41 Å². The van der Waals surface area contributed by atoms with Crippen LogP contribution in [0.3, 0.4) is 0 Å². The van der Waals surface area contributed by atoms with Gasteiger partial charge in [-0.25, -0.2) is 0 Å². The molecule has 28 heavy (non-hydrogen) atoms. The number of nitrogen functional groups attached to an aromatic ring is 1. The van der Waals surface area contributed by atoms with E-state index in [-0.39, 0.29) is 22.6 Å². The van der Waals surface area contributed by atoms with Gasteiger partial charge in [-0.15, -0.1) is 0 Å². The first kappa shape index (κ1) is 21.3. The molecule has 0 aliphatic heterocycles. The van der Waals surface area contributed by atoms with Gasteiger partial charge in [0.25, 0.3) is 5.91 Å². The number of nitrogens with one attached hydrogen (secondary N) is 2. The van der Waals surface area contributed by atoms with Gasteiger partial charge in [-0.05, 0) is 43.3 Å². The van der Waals surface area contributed by atoms with Crippen LogP contribution in [0.25, 0.3) is 0 Å². The topological polar surface area (TPSA) is 82.2 Å². The zero-order valence-corrected chi connectivity index (χ0v) is 15.8. The standard InChI is InChI=1S/C19H18ClF3N4O/c1-11(24)9-17(19(21,22)23)27(2)16-8-7-12(10-14(16)25)18(28)26-15-6-4-3-5-13(15)20/h3-10,24H,25H2,1-2H3,(H,26,28)/b17-9-,24-11?. The predicted molar refractivity (Wildman–Crippen MR) is 106 cm³/mol. The summed E-state index contributed by atoms with van der Waals surface area (Å²) in [5, 5.41) is 10.3. The van der Waals surface area contributed by atoms with Crippen LogP contribution >= 0.6 is 11.6 Å². The summed E-state index contributed by atoms with van der Waals surface area (Å²) < 4.78 is 39.9. The number of hydrogen-bond donors (Lipinski definition) is 3. The molecule has 0 fully saturated rings. The Morgan fingerprint density at radius 3 is 2.43 bits per heavy atom. The number of amides is 1. The monoisotopic (exact) mass is 410 g/mol. The van der Waals surface area contributed by atoms with E-state index in [4.69, 9.17) is 22.7 Å². The SMILES string of the molecule is CC(=N)/C=C(\N(C)c1ccc(C(=O)Nc2ccccc2Cl)cc1N)C(F)(F)F. The third-order valence-corrected chi connectivity index (χ3v) is 4.11. The lowest BCUT2D eigenvalue weighted by Crippen LogP contribution is -2.29. The third-order valence-electron chi connectivity index (χ3n) is 3.78. The highest BCUT2D eigenvalue weighted by atomic mass is 35.5. The molecule has 2 aromatic rings. The van der Waals surface area contributed by atoms with Crippen molar-refractivity contribution in [2.45, 2.75) is 13.1 Å². The van der Waals surface area contributed by atoms with Crippen molar-refractivity contribution >= 4 is 40.3 Å². The molecule has 1 amide bonds. The van der Waals surface area contributed by atoms with Gasteiger partial charge in [-0.1, -0.05) is 23.7 Å². The fourth-order valence-corrected chi connectivity index (χ4v) is 2.64. The molecule has 148 valence electrons. The summed E-state index contributed by atoms with van der Waals surface area (Å²) in [6, 6.07) is 10.6. The van der Waals surface area contributed by atoms with Crippen molar-refractivity contribution in [3.05, 3.63) is 64.8 Å². The van der Waals surface area contributed by atoms with Gasteiger partial charge in [-0.2, -0.15) is 13.2 Å². The summed E-state index contributed by atoms with van der Waals surface area (Å²) in [4.78, 5) is 13.2. The van der Waals surface area contributed by atoms with Gasteiger partial charge in [0.15, 0.2) is 0 Å². The number of para-hydroxylation sites is 1. The first-order valence-corrected chi connectivity index (χ1v) is 8.41. The number of alkyl halides is 3. The van der Waals surface area contributed by atoms with E-state index in [1.165, 1.54) is 32.2 Å². The number of carbonyl (C=O) groups is 1. The van der Waals surface area contributed by atoms with E-state index < -0.39 is 17.8 Å². The summed E-state index contributed by atoms with van der Waals surface area (Å²) in [6.45, 7) is 1.24. The number of hydrogen-bond acceptors (Lipinski definition) is 4. The first-order valence-electron chi connectivity index (χ1n) is 8.04. The van der Waals surface area contributed by atoms with E-state index in [2.05, 4.69) is 5.32 Å². The molecule has 5 nitrogen and oxygen atoms in total. The minimum Gasteiger partial charge on any atom is -0.397 e. The van der Waals surface area contributed by atoms with Gasteiger partial charge in [-0.3, -0.25) is 4.79 Å². The molecule has 0 aromatic heterocycles. The molecular formula is C19H18ClF3N4O. The molecule has 0 spiro atoms. The largest absolute Gasteiger partial charge is 0.431 e. The van der Waals surface area contributed by atoms with E-state index >= 15 is 0 Å². The molecule has 9 heteroatoms. The maximum absolute atomic E-state index is 13.3. The second-order valence-electron chi connectivity index (χ2n) is 5.98. The minimum absolute atomic E-state index is 0.0212. The normalized spacial score (nSPS) is 11.9. The van der Waals surface area contributed by atoms with Gasteiger partial charge >= 0.3 is 6.18 Å². The van der Waals surface area contributed by atoms with Gasteiger partial charge in [0.05, 0.1) is 22.1 Å². The summed E-state index contributed by atoms with van der Waals surface area (Å²) >= 11 is 6.00. The lowest BCUT2D eigenvalue weighted by atomic mass is 10.1. The lowest BCUT2D eigenvalue weighted by molar-refractivity contribution is -0.0928. The van der Waals surface area contributed by atoms with Crippen molar-refractivity contribution in [2.24, 2.45) is 0 Å². The lowest BCUT2D eigenvalue weighted by Gasteiger charge is -2.26. The van der Waals surface area contributed by atoms with Crippen LogP contribution in [0.15, 0.2) is 54.2 Å². The Hall–Kier alpha value is -3.00. The molecule has 0 atom stereocenters. The van der Waals surface area contributed by atoms with Crippen molar-refractivity contribution in [3.63, 3.8) is 0 Å². The summed E-state index contributed by atoms with van der Waals surface area (Å²) in [5.74, 6) is -0.504. The molecule has 0 saturated heterocycles. The number of carbonyl (C=O) groups excluding carboxylic acids is 1. The predicted octanol–water partition coefficient (Wildman–Crippen LogP) is 5.10. The fourth-order valence-electron chi connectivity index (χ4n) is 2.46. The Morgan fingerprint density at radius 2 is 1.89 bits per heavy atom. The van der Waals surface area contributed by atoms with Crippen molar-refractivity contribution in [2.75, 3.05) is 23.0 Å². The van der Waals surface area contributed by atoms with Crippen molar-refractivity contribution in [3.8, 4) is 0 Å². The molecule has 0 radical (unpaired) electrons. The first-order chi connectivity index (χ1) is 13.0. The fraction of sp³-hybridized carbons (Fsp3) is 0.158. The molecule has 2 aromatic carbocycles. The van der Waals surface area contributed by atoms with E-state index in [0.29, 0.717) is 16.8 Å². The van der Waals surface area contributed by atoms with Gasteiger partial charge < -0.3 is 21.4 Å². The van der Waals surface area contributed by atoms with E-state index in [9.17, 15) is 18.0 Å². The van der Waals surface area contributed by atoms with Crippen LogP contribution in [-0.2, 0) is 0 Å². The maximum Gasteiger partial charge on any atom is 0.431 e. The van der Waals surface area contributed by atoms with Gasteiger partial charge in [0.2, 0.25) is 0 Å². The Morgan fingerprint density at radius 1 is 1.25 bits per heavy atom. The molecule has 0 bridgehead atoms. The average molecular weight is 411 g/mol. The zero-order valence-electron chi connectivity index (χ0n) is 15.1. The van der Waals surface area contributed by atoms with Gasteiger partial charge in [0, 0.05) is 18.3 Å². The number of allylic oxidation sites excluding steroid dienone is 2. The number of nitrogens with two attached hydrogens (primary N) is 1. The number of benzene rings is 2. The molecule has 0 saturated carbocycles. The quantitative estimate of drug-likeness (QED) is 0.474. The van der Waals surface area contributed by atoms with Crippen LogP contribution in [-0.4, -0.2) is 24.8 Å². The van der Waals surface area contributed by atoms with Crippen LogP contribution in [0.5, 0.6) is 0 Å². The number of anilines is 3. The van der Waals surface area contributed by atoms with E-state index in [0.717, 1.165) is 4.90 Å². The Labute approximate surface area is 165 Å². The molecule has 0 aliphatic rings. The average Bonchev–Trinajstić information content (AvgIpc) is 2.60. The summed E-state index contributed by atoms with van der Waals surface area (Å²) in [7, 11) is 1.19. The number of halogens is 4. The highest BCUT2D eigenvalue weighted by Gasteiger charge is 2.37. The number of nitrogens with zero attached hydrogens (tertiary/aromatic N) is 1. The third kappa shape index (κ3) is 5.04. The Kier molecular flexibility index (Phi) is 6.35. The zero-order chi connectivity index (χ0) is 21.1. The van der Waals surface area contributed by atoms with Crippen molar-refractivity contribution in [1.82, 2.24) is 0 Å². The molecular weight excluding hydrogens is 393 g/mol. The summed E-state index contributed by atoms with van der Waals surface area (Å²) in [5.41, 5.74) is 5.20. The van der Waals surface area contributed by atoms with Crippen LogP contribution in [0.1, 0.15) is 17.3 Å². The van der Waals surface area contributed by atoms with E-state index in [1.54, 1.807) is 24.3 Å². The maximum atomic E-state index is 13.3. The molecule has 0 unspecified atom stereocenters. The molecule has 0 heterocycles. The van der Waals surface area contributed by atoms with Crippen molar-refractivity contribution < 1.29 is 18.0 Å². The second kappa shape index (κ2) is 8.35.